The second kappa shape index (κ2) is 23.4. The monoisotopic (exact) mass is 488 g/mol. The van der Waals surface area contributed by atoms with Gasteiger partial charge in [0.25, 0.3) is 0 Å². The highest BCUT2D eigenvalue weighted by Crippen LogP contribution is 2.16. The van der Waals surface area contributed by atoms with Gasteiger partial charge in [-0.15, -0.1) is 0 Å². The predicted octanol–water partition coefficient (Wildman–Crippen LogP) is 4.93. The van der Waals surface area contributed by atoms with E-state index in [0.29, 0.717) is 13.1 Å². The molecule has 34 heavy (non-hydrogen) atoms. The molecule has 0 amide bonds. The number of hydrogen-bond acceptors (Lipinski definition) is 7. The second-order valence-electron chi connectivity index (χ2n) is 8.98. The zero-order valence-corrected chi connectivity index (χ0v) is 22.1. The minimum Gasteiger partial charge on any atom is -0.481 e. The number of carboxylic acid groups (broad SMARTS) is 1. The second-order valence-corrected chi connectivity index (χ2v) is 8.98. The number of nitrogens with zero attached hydrogens (tertiary/aromatic N) is 2. The fraction of sp³-hybridized carbons (Fsp3) is 0.923. The van der Waals surface area contributed by atoms with Crippen LogP contribution in [0.5, 0.6) is 0 Å². The summed E-state index contributed by atoms with van der Waals surface area (Å²) in [7, 11) is 0. The Morgan fingerprint density at radius 2 is 1.35 bits per heavy atom. The number of likely N-dealkylation sites (N-methyl/N-ethyl adjacent to an activating group) is 1. The van der Waals surface area contributed by atoms with E-state index in [-0.39, 0.29) is 25.7 Å². The number of carboxylic acids is 1. The fourth-order valence-electron chi connectivity index (χ4n) is 3.97. The van der Waals surface area contributed by atoms with Crippen molar-refractivity contribution in [2.24, 2.45) is 0 Å². The molecular formula is C26H52N2O6. The molecule has 1 unspecified atom stereocenters. The molecule has 8 heteroatoms. The van der Waals surface area contributed by atoms with E-state index in [1.165, 1.54) is 0 Å². The molecule has 2 N–H and O–H groups in total. The van der Waals surface area contributed by atoms with E-state index in [1.807, 2.05) is 0 Å². The van der Waals surface area contributed by atoms with E-state index in [0.717, 1.165) is 96.8 Å². The van der Waals surface area contributed by atoms with Crippen molar-refractivity contribution in [2.75, 3.05) is 52.5 Å². The SMILES string of the molecule is CCCCCC(CCCCCCCCC(=O)O)OC(=O)OCCN(CCO)CCN(CC)CC. The molecule has 0 aromatic rings. The number of aliphatic hydroxyl groups excluding tert-OH is 1. The molecular weight excluding hydrogens is 436 g/mol. The Morgan fingerprint density at radius 3 is 1.94 bits per heavy atom. The first-order valence-electron chi connectivity index (χ1n) is 13.6. The van der Waals surface area contributed by atoms with Gasteiger partial charge in [-0.05, 0) is 45.2 Å². The molecule has 1 atom stereocenters. The molecule has 0 aliphatic heterocycles. The maximum atomic E-state index is 12.3. The van der Waals surface area contributed by atoms with Gasteiger partial charge in [0.05, 0.1) is 6.61 Å². The summed E-state index contributed by atoms with van der Waals surface area (Å²) in [6.07, 6.45) is 10.4. The van der Waals surface area contributed by atoms with E-state index in [2.05, 4.69) is 30.6 Å². The first-order valence-corrected chi connectivity index (χ1v) is 13.6. The quantitative estimate of drug-likeness (QED) is 0.146. The number of ether oxygens (including phenoxy) is 2. The molecule has 0 fully saturated rings. The third-order valence-corrected chi connectivity index (χ3v) is 6.23. The Kier molecular flexibility index (Phi) is 22.4. The highest BCUT2D eigenvalue weighted by atomic mass is 16.7. The van der Waals surface area contributed by atoms with Gasteiger partial charge in [0, 0.05) is 32.6 Å². The lowest BCUT2D eigenvalue weighted by Crippen LogP contribution is -2.38. The molecule has 0 aliphatic carbocycles. The molecule has 0 aliphatic rings. The van der Waals surface area contributed by atoms with Crippen molar-refractivity contribution in [3.8, 4) is 0 Å². The predicted molar refractivity (Wildman–Crippen MR) is 136 cm³/mol. The van der Waals surface area contributed by atoms with Crippen LogP contribution in [0.15, 0.2) is 0 Å². The van der Waals surface area contributed by atoms with E-state index in [9.17, 15) is 14.7 Å². The Labute approximate surface area is 208 Å². The molecule has 0 aromatic carbocycles. The number of carbonyl (C=O) groups is 2. The van der Waals surface area contributed by atoms with Crippen LogP contribution in [0.4, 0.5) is 4.79 Å². The smallest absolute Gasteiger partial charge is 0.481 e. The molecule has 0 saturated heterocycles. The molecule has 0 spiro atoms. The molecule has 0 saturated carbocycles. The molecule has 202 valence electrons. The van der Waals surface area contributed by atoms with Crippen molar-refractivity contribution >= 4 is 12.1 Å². The largest absolute Gasteiger partial charge is 0.508 e. The maximum absolute atomic E-state index is 12.3. The normalized spacial score (nSPS) is 12.3. The first kappa shape index (κ1) is 32.6. The van der Waals surface area contributed by atoms with Gasteiger partial charge in [0.1, 0.15) is 12.7 Å². The van der Waals surface area contributed by atoms with Crippen molar-refractivity contribution in [3.05, 3.63) is 0 Å². The summed E-state index contributed by atoms with van der Waals surface area (Å²) in [4.78, 5) is 27.3. The van der Waals surface area contributed by atoms with Gasteiger partial charge in [-0.25, -0.2) is 4.79 Å². The number of aliphatic hydroxyl groups is 1. The summed E-state index contributed by atoms with van der Waals surface area (Å²) in [6, 6.07) is 0. The van der Waals surface area contributed by atoms with Gasteiger partial charge in [-0.2, -0.15) is 0 Å². The summed E-state index contributed by atoms with van der Waals surface area (Å²) < 4.78 is 11.0. The van der Waals surface area contributed by atoms with Crippen LogP contribution in [-0.2, 0) is 14.3 Å². The summed E-state index contributed by atoms with van der Waals surface area (Å²) in [6.45, 7) is 11.7. The van der Waals surface area contributed by atoms with Crippen molar-refractivity contribution in [1.82, 2.24) is 9.80 Å². The molecule has 0 aromatic heterocycles. The zero-order chi connectivity index (χ0) is 25.4. The Morgan fingerprint density at radius 1 is 0.765 bits per heavy atom. The third-order valence-electron chi connectivity index (χ3n) is 6.23. The van der Waals surface area contributed by atoms with Crippen molar-refractivity contribution in [3.63, 3.8) is 0 Å². The lowest BCUT2D eigenvalue weighted by atomic mass is 10.0. The number of unbranched alkanes of at least 4 members (excludes halogenated alkanes) is 7. The van der Waals surface area contributed by atoms with E-state index < -0.39 is 12.1 Å². The molecule has 0 bridgehead atoms. The summed E-state index contributed by atoms with van der Waals surface area (Å²) >= 11 is 0. The first-order chi connectivity index (χ1) is 16.5. The third kappa shape index (κ3) is 20.0. The van der Waals surface area contributed by atoms with E-state index >= 15 is 0 Å². The van der Waals surface area contributed by atoms with Gasteiger partial charge in [-0.3, -0.25) is 9.69 Å². The van der Waals surface area contributed by atoms with Crippen LogP contribution < -0.4 is 0 Å². The van der Waals surface area contributed by atoms with Gasteiger partial charge in [0.2, 0.25) is 0 Å². The van der Waals surface area contributed by atoms with Gasteiger partial charge < -0.3 is 24.6 Å². The minimum absolute atomic E-state index is 0.0851. The molecule has 0 rings (SSSR count). The average Bonchev–Trinajstić information content (AvgIpc) is 2.81. The van der Waals surface area contributed by atoms with E-state index in [1.54, 1.807) is 0 Å². The summed E-state index contributed by atoms with van der Waals surface area (Å²) in [5.74, 6) is -0.723. The van der Waals surface area contributed by atoms with Crippen molar-refractivity contribution in [2.45, 2.75) is 104 Å². The van der Waals surface area contributed by atoms with Crippen LogP contribution in [0.2, 0.25) is 0 Å². The molecule has 0 radical (unpaired) electrons. The van der Waals surface area contributed by atoms with Crippen LogP contribution in [0, 0.1) is 0 Å². The van der Waals surface area contributed by atoms with Crippen LogP contribution in [0.3, 0.4) is 0 Å². The van der Waals surface area contributed by atoms with Crippen molar-refractivity contribution < 1.29 is 29.3 Å². The maximum Gasteiger partial charge on any atom is 0.508 e. The van der Waals surface area contributed by atoms with Crippen LogP contribution >= 0.6 is 0 Å². The Balaban J connectivity index is 4.25. The lowest BCUT2D eigenvalue weighted by Gasteiger charge is -2.25. The Hall–Kier alpha value is -1.38. The molecule has 0 heterocycles. The highest BCUT2D eigenvalue weighted by Gasteiger charge is 2.16. The Bertz CT molecular complexity index is 488. The topological polar surface area (TPSA) is 99.5 Å². The van der Waals surface area contributed by atoms with E-state index in [4.69, 9.17) is 14.6 Å². The standard InChI is InChI=1S/C26H52N2O6/c1-4-7-12-15-24(16-13-10-8-9-11-14-17-25(30)31)34-26(32)33-23-21-28(20-22-29)19-18-27(5-2)6-3/h24,29H,4-23H2,1-3H3,(H,30,31). The van der Waals surface area contributed by atoms with Crippen LogP contribution in [0.25, 0.3) is 0 Å². The number of rotatable bonds is 24. The van der Waals surface area contributed by atoms with Crippen molar-refractivity contribution in [1.29, 1.82) is 0 Å². The van der Waals surface area contributed by atoms with Crippen LogP contribution in [-0.4, -0.2) is 90.7 Å². The average molecular weight is 489 g/mol. The number of hydrogen-bond donors (Lipinski definition) is 2. The zero-order valence-electron chi connectivity index (χ0n) is 22.1. The van der Waals surface area contributed by atoms with Crippen LogP contribution in [0.1, 0.15) is 97.8 Å². The minimum atomic E-state index is -0.723. The summed E-state index contributed by atoms with van der Waals surface area (Å²) in [5, 5.41) is 18.0. The fourth-order valence-corrected chi connectivity index (χ4v) is 3.97. The van der Waals surface area contributed by atoms with Gasteiger partial charge in [0.15, 0.2) is 0 Å². The van der Waals surface area contributed by atoms with Gasteiger partial charge in [-0.1, -0.05) is 59.3 Å². The molecule has 8 nitrogen and oxygen atoms in total. The number of aliphatic carboxylic acids is 1. The van der Waals surface area contributed by atoms with Gasteiger partial charge >= 0.3 is 12.1 Å². The number of carbonyl (C=O) groups excluding carboxylic acids is 1. The lowest BCUT2D eigenvalue weighted by molar-refractivity contribution is -0.137. The highest BCUT2D eigenvalue weighted by molar-refractivity contribution is 5.66. The summed E-state index contributed by atoms with van der Waals surface area (Å²) in [5.41, 5.74) is 0.